The van der Waals surface area contributed by atoms with Gasteiger partial charge in [0, 0.05) is 28.2 Å². The van der Waals surface area contributed by atoms with Crippen LogP contribution in [0.4, 0.5) is 0 Å². The molecule has 168 valence electrons. The number of halogens is 2. The monoisotopic (exact) mass is 531 g/mol. The lowest BCUT2D eigenvalue weighted by Gasteiger charge is -2.19. The van der Waals surface area contributed by atoms with E-state index in [1.54, 1.807) is 30.1 Å². The number of nitrogens with zero attached hydrogens (tertiary/aromatic N) is 1. The van der Waals surface area contributed by atoms with E-state index in [0.29, 0.717) is 23.3 Å². The Morgan fingerprint density at radius 2 is 2.03 bits per heavy atom. The van der Waals surface area contributed by atoms with Crippen molar-refractivity contribution in [3.63, 3.8) is 0 Å². The van der Waals surface area contributed by atoms with Gasteiger partial charge in [-0.25, -0.2) is 4.98 Å². The molecule has 0 aliphatic rings. The van der Waals surface area contributed by atoms with Crippen LogP contribution in [-0.4, -0.2) is 45.4 Å². The van der Waals surface area contributed by atoms with Gasteiger partial charge in [0.15, 0.2) is 0 Å². The predicted molar refractivity (Wildman–Crippen MR) is 130 cm³/mol. The number of aromatic amines is 1. The summed E-state index contributed by atoms with van der Waals surface area (Å²) in [5.41, 5.74) is 3.77. The van der Waals surface area contributed by atoms with Crippen LogP contribution >= 0.6 is 52.0 Å². The maximum atomic E-state index is 10.3. The number of H-pyrrole nitrogens is 1. The molecule has 4 N–H and O–H groups in total. The van der Waals surface area contributed by atoms with Gasteiger partial charge in [-0.3, -0.25) is 4.79 Å². The van der Waals surface area contributed by atoms with Crippen molar-refractivity contribution < 1.29 is 18.9 Å². The molecule has 0 saturated carbocycles. The van der Waals surface area contributed by atoms with Gasteiger partial charge in [-0.05, 0) is 43.9 Å². The Kier molecular flexibility index (Phi) is 13.6. The molecule has 1 heterocycles. The number of carbonyl (C=O) groups is 1. The van der Waals surface area contributed by atoms with Gasteiger partial charge < -0.3 is 24.9 Å². The number of thioether (sulfide) groups is 1. The van der Waals surface area contributed by atoms with Gasteiger partial charge in [0.2, 0.25) is 5.69 Å². The van der Waals surface area contributed by atoms with E-state index < -0.39 is 17.7 Å². The predicted octanol–water partition coefficient (Wildman–Crippen LogP) is 5.44. The molecule has 0 fully saturated rings. The van der Waals surface area contributed by atoms with Crippen LogP contribution in [0, 0.1) is 0 Å². The summed E-state index contributed by atoms with van der Waals surface area (Å²) in [6.07, 6.45) is 3.34. The Hall–Kier alpha value is -0.290. The smallest absolute Gasteiger partial charge is 0.320 e. The van der Waals surface area contributed by atoms with Crippen LogP contribution in [0.2, 0.25) is 10.0 Å². The lowest BCUT2D eigenvalue weighted by molar-refractivity contribution is -0.138. The number of hydrogen-bond acceptors (Lipinski definition) is 8. The number of carboxylic acids is 1. The minimum atomic E-state index is -2.23. The third-order valence-corrected chi connectivity index (χ3v) is 11.0. The summed E-state index contributed by atoms with van der Waals surface area (Å²) >= 11 is 20.6. The van der Waals surface area contributed by atoms with Crippen LogP contribution in [0.3, 0.4) is 0 Å². The molecule has 0 radical (unpaired) electrons. The standard InChI is InChI=1S/C11H15Cl2O2PS3.C6H9N3O2/c1-3-14-16(17,15-4-2)19-8-18-11-7-9(12)5-6-10(11)13;7-5(6(10)11)1-4-2-8-3-9-4/h5-7H,3-4,8H2,1-2H3;2-3,5H,1,7H2,(H,8,9)(H,10,11)/t;5-/m.0/s1. The second kappa shape index (κ2) is 14.7. The summed E-state index contributed by atoms with van der Waals surface area (Å²) in [6, 6.07) is 4.56. The zero-order valence-electron chi connectivity index (χ0n) is 16.4. The number of aromatic nitrogens is 2. The number of aliphatic carboxylic acids is 1. The number of rotatable bonds is 11. The van der Waals surface area contributed by atoms with E-state index in [9.17, 15) is 4.79 Å². The number of nitrogens with one attached hydrogen (secondary N) is 1. The van der Waals surface area contributed by atoms with E-state index in [2.05, 4.69) is 9.97 Å². The molecule has 1 aromatic carbocycles. The fourth-order valence-corrected chi connectivity index (χ4v) is 9.43. The van der Waals surface area contributed by atoms with E-state index in [0.717, 1.165) is 15.7 Å². The SMILES string of the molecule is CCOP(=S)(OCC)SCSc1cc(Cl)ccc1Cl.N[C@@H](Cc1cnc[nH]1)C(=O)O. The first kappa shape index (κ1) is 27.7. The molecule has 13 heteroatoms. The fourth-order valence-electron chi connectivity index (χ4n) is 1.89. The van der Waals surface area contributed by atoms with Gasteiger partial charge in [-0.2, -0.15) is 0 Å². The molecule has 0 spiro atoms. The van der Waals surface area contributed by atoms with E-state index in [4.69, 9.17) is 54.9 Å². The first-order chi connectivity index (χ1) is 14.2. The average Bonchev–Trinajstić information content (AvgIpc) is 3.18. The summed E-state index contributed by atoms with van der Waals surface area (Å²) in [6.45, 7) is 4.96. The molecule has 2 aromatic rings. The van der Waals surface area contributed by atoms with E-state index in [1.165, 1.54) is 17.7 Å². The molecule has 0 unspecified atom stereocenters. The summed E-state index contributed by atoms with van der Waals surface area (Å²) in [4.78, 5) is 17.7. The number of carboxylic acid groups (broad SMARTS) is 1. The van der Waals surface area contributed by atoms with Crippen molar-refractivity contribution in [3.8, 4) is 0 Å². The first-order valence-electron chi connectivity index (χ1n) is 8.77. The van der Waals surface area contributed by atoms with E-state index in [1.807, 2.05) is 19.9 Å². The van der Waals surface area contributed by atoms with Crippen LogP contribution < -0.4 is 5.73 Å². The van der Waals surface area contributed by atoms with Gasteiger partial charge >= 0.3 is 5.97 Å². The quantitative estimate of drug-likeness (QED) is 0.198. The zero-order valence-corrected chi connectivity index (χ0v) is 21.3. The second-order valence-corrected chi connectivity index (χ2v) is 14.0. The van der Waals surface area contributed by atoms with Crippen LogP contribution in [0.1, 0.15) is 19.5 Å². The molecule has 30 heavy (non-hydrogen) atoms. The van der Waals surface area contributed by atoms with Crippen LogP contribution in [0.15, 0.2) is 35.6 Å². The van der Waals surface area contributed by atoms with Crippen LogP contribution in [-0.2, 0) is 32.1 Å². The Labute approximate surface area is 199 Å². The van der Waals surface area contributed by atoms with Gasteiger partial charge in [0.05, 0.1) is 29.6 Å². The van der Waals surface area contributed by atoms with E-state index in [-0.39, 0.29) is 6.42 Å². The minimum absolute atomic E-state index is 0.287. The molecule has 0 amide bonds. The highest BCUT2D eigenvalue weighted by Crippen LogP contribution is 2.62. The Morgan fingerprint density at radius 1 is 1.37 bits per heavy atom. The maximum Gasteiger partial charge on any atom is 0.320 e. The highest BCUT2D eigenvalue weighted by atomic mass is 35.5. The lowest BCUT2D eigenvalue weighted by atomic mass is 10.2. The first-order valence-corrected chi connectivity index (χ1v) is 14.7. The molecular weight excluding hydrogens is 508 g/mol. The molecule has 0 bridgehead atoms. The molecule has 0 saturated heterocycles. The maximum absolute atomic E-state index is 10.3. The van der Waals surface area contributed by atoms with Gasteiger partial charge in [0.25, 0.3) is 0 Å². The minimum Gasteiger partial charge on any atom is -0.480 e. The van der Waals surface area contributed by atoms with Crippen molar-refractivity contribution in [2.24, 2.45) is 5.73 Å². The van der Waals surface area contributed by atoms with Crippen molar-refractivity contribution in [1.82, 2.24) is 9.97 Å². The summed E-state index contributed by atoms with van der Waals surface area (Å²) in [5.74, 6) is -1.00. The molecule has 1 atom stereocenters. The third kappa shape index (κ3) is 10.8. The number of hydrogen-bond donors (Lipinski definition) is 3. The number of benzene rings is 1. The Balaban J connectivity index is 0.000000346. The lowest BCUT2D eigenvalue weighted by Crippen LogP contribution is -2.32. The zero-order chi connectivity index (χ0) is 22.6. The third-order valence-electron chi connectivity index (χ3n) is 3.20. The molecule has 2 rings (SSSR count). The highest BCUT2D eigenvalue weighted by Gasteiger charge is 2.19. The summed E-state index contributed by atoms with van der Waals surface area (Å²) < 4.78 is 11.1. The van der Waals surface area contributed by atoms with Crippen molar-refractivity contribution in [2.75, 3.05) is 18.3 Å². The van der Waals surface area contributed by atoms with Crippen molar-refractivity contribution in [3.05, 3.63) is 46.5 Å². The molecule has 7 nitrogen and oxygen atoms in total. The average molecular weight is 532 g/mol. The van der Waals surface area contributed by atoms with Gasteiger partial charge in [-0.1, -0.05) is 34.6 Å². The Morgan fingerprint density at radius 3 is 2.57 bits per heavy atom. The number of nitrogens with two attached hydrogens (primary N) is 1. The van der Waals surface area contributed by atoms with Crippen molar-refractivity contribution in [1.29, 1.82) is 0 Å². The topological polar surface area (TPSA) is 110 Å². The molecule has 0 aliphatic heterocycles. The van der Waals surface area contributed by atoms with Crippen molar-refractivity contribution in [2.45, 2.75) is 31.2 Å². The molecule has 1 aromatic heterocycles. The van der Waals surface area contributed by atoms with Crippen LogP contribution in [0.5, 0.6) is 0 Å². The van der Waals surface area contributed by atoms with Gasteiger partial charge in [-0.15, -0.1) is 11.8 Å². The normalized spacial score (nSPS) is 12.2. The largest absolute Gasteiger partial charge is 0.480 e. The van der Waals surface area contributed by atoms with Gasteiger partial charge in [0.1, 0.15) is 6.04 Å². The fraction of sp³-hybridized carbons (Fsp3) is 0.412. The highest BCUT2D eigenvalue weighted by molar-refractivity contribution is 8.69. The molecular formula is C17H24Cl2N3O4PS3. The van der Waals surface area contributed by atoms with Crippen molar-refractivity contribution >= 4 is 69.8 Å². The Bertz CT molecular complexity index is 821. The molecule has 0 aliphatic carbocycles. The summed E-state index contributed by atoms with van der Waals surface area (Å²) in [7, 11) is 0. The second-order valence-electron chi connectivity index (χ2n) is 5.47. The van der Waals surface area contributed by atoms with E-state index >= 15 is 0 Å². The number of imidazole rings is 1. The van der Waals surface area contributed by atoms with Crippen LogP contribution in [0.25, 0.3) is 0 Å². The summed E-state index contributed by atoms with van der Waals surface area (Å²) in [5, 5.41) is 10.5.